The number of carbonyl (C=O) groups excluding carboxylic acids is 1. The highest BCUT2D eigenvalue weighted by Crippen LogP contribution is 2.22. The first kappa shape index (κ1) is 18.7. The molecule has 0 unspecified atom stereocenters. The second kappa shape index (κ2) is 7.53. The van der Waals surface area contributed by atoms with Crippen molar-refractivity contribution < 1.29 is 13.2 Å². The standard InChI is InChI=1S/C16H16Cl2N2O3S/c1-20(2)24(22,23)13-6-7-15(18)14(9-13)16(21)19-10-11-4-3-5-12(17)8-11/h3-9H,10H2,1-2H3,(H,19,21). The summed E-state index contributed by atoms with van der Waals surface area (Å²) in [7, 11) is -0.806. The molecule has 1 N–H and O–H groups in total. The van der Waals surface area contributed by atoms with E-state index in [2.05, 4.69) is 5.32 Å². The van der Waals surface area contributed by atoms with Crippen molar-refractivity contribution in [2.75, 3.05) is 14.1 Å². The average Bonchev–Trinajstić information content (AvgIpc) is 2.52. The molecule has 0 spiro atoms. The lowest BCUT2D eigenvalue weighted by atomic mass is 10.2. The lowest BCUT2D eigenvalue weighted by molar-refractivity contribution is 0.0951. The first-order chi connectivity index (χ1) is 11.2. The van der Waals surface area contributed by atoms with Crippen molar-refractivity contribution in [2.24, 2.45) is 0 Å². The number of rotatable bonds is 5. The van der Waals surface area contributed by atoms with Gasteiger partial charge in [-0.1, -0.05) is 35.3 Å². The summed E-state index contributed by atoms with van der Waals surface area (Å²) in [6.45, 7) is 0.250. The number of hydrogen-bond donors (Lipinski definition) is 1. The summed E-state index contributed by atoms with van der Waals surface area (Å²) in [6.07, 6.45) is 0. The van der Waals surface area contributed by atoms with Crippen LogP contribution in [0, 0.1) is 0 Å². The van der Waals surface area contributed by atoms with E-state index in [0.29, 0.717) is 5.02 Å². The molecule has 0 aliphatic carbocycles. The maximum absolute atomic E-state index is 12.3. The first-order valence-corrected chi connectivity index (χ1v) is 9.16. The van der Waals surface area contributed by atoms with Crippen molar-refractivity contribution in [3.63, 3.8) is 0 Å². The van der Waals surface area contributed by atoms with E-state index < -0.39 is 15.9 Å². The summed E-state index contributed by atoms with van der Waals surface area (Å²) in [5.74, 6) is -0.462. The quantitative estimate of drug-likeness (QED) is 0.857. The van der Waals surface area contributed by atoms with Gasteiger partial charge in [0.25, 0.3) is 5.91 Å². The number of carbonyl (C=O) groups is 1. The van der Waals surface area contributed by atoms with E-state index in [9.17, 15) is 13.2 Å². The Balaban J connectivity index is 2.23. The maximum atomic E-state index is 12.3. The summed E-state index contributed by atoms with van der Waals surface area (Å²) in [6, 6.07) is 11.1. The minimum Gasteiger partial charge on any atom is -0.348 e. The summed E-state index contributed by atoms with van der Waals surface area (Å²) >= 11 is 11.9. The minimum absolute atomic E-state index is 0.00445. The molecule has 0 aliphatic heterocycles. The highest BCUT2D eigenvalue weighted by molar-refractivity contribution is 7.89. The molecule has 2 rings (SSSR count). The summed E-state index contributed by atoms with van der Waals surface area (Å²) in [5, 5.41) is 3.45. The van der Waals surface area contributed by atoms with Crippen LogP contribution < -0.4 is 5.32 Å². The van der Waals surface area contributed by atoms with Crippen LogP contribution in [0.3, 0.4) is 0 Å². The Bertz CT molecular complexity index is 867. The molecule has 128 valence electrons. The number of nitrogens with one attached hydrogen (secondary N) is 1. The number of sulfonamides is 1. The van der Waals surface area contributed by atoms with E-state index in [4.69, 9.17) is 23.2 Å². The van der Waals surface area contributed by atoms with Crippen LogP contribution in [0.1, 0.15) is 15.9 Å². The summed E-state index contributed by atoms with van der Waals surface area (Å²) in [4.78, 5) is 12.3. The van der Waals surface area contributed by atoms with Crippen LogP contribution in [-0.4, -0.2) is 32.7 Å². The van der Waals surface area contributed by atoms with Crippen LogP contribution in [0.2, 0.25) is 10.0 Å². The molecule has 5 nitrogen and oxygen atoms in total. The molecular formula is C16H16Cl2N2O3S. The fourth-order valence-electron chi connectivity index (χ4n) is 1.97. The van der Waals surface area contributed by atoms with E-state index in [1.54, 1.807) is 18.2 Å². The Morgan fingerprint density at radius 1 is 1.12 bits per heavy atom. The number of hydrogen-bond acceptors (Lipinski definition) is 3. The smallest absolute Gasteiger partial charge is 0.253 e. The first-order valence-electron chi connectivity index (χ1n) is 6.96. The molecule has 0 radical (unpaired) electrons. The van der Waals surface area contributed by atoms with Crippen molar-refractivity contribution >= 4 is 39.1 Å². The lowest BCUT2D eigenvalue weighted by Gasteiger charge is -2.13. The fourth-order valence-corrected chi connectivity index (χ4v) is 3.32. The van der Waals surface area contributed by atoms with Crippen LogP contribution in [0.15, 0.2) is 47.4 Å². The maximum Gasteiger partial charge on any atom is 0.253 e. The van der Waals surface area contributed by atoms with Gasteiger partial charge in [0.05, 0.1) is 15.5 Å². The zero-order valence-corrected chi connectivity index (χ0v) is 15.4. The second-order valence-corrected chi connectivity index (χ2v) is 8.24. The van der Waals surface area contributed by atoms with Gasteiger partial charge in [0, 0.05) is 25.7 Å². The van der Waals surface area contributed by atoms with Crippen LogP contribution in [0.25, 0.3) is 0 Å². The molecule has 1 amide bonds. The molecule has 0 aliphatic rings. The number of amides is 1. The molecule has 0 fully saturated rings. The summed E-state index contributed by atoms with van der Waals surface area (Å²) < 4.78 is 25.4. The Morgan fingerprint density at radius 2 is 1.83 bits per heavy atom. The van der Waals surface area contributed by atoms with E-state index in [-0.39, 0.29) is 22.0 Å². The molecule has 0 saturated heterocycles. The predicted octanol–water partition coefficient (Wildman–Crippen LogP) is 3.17. The topological polar surface area (TPSA) is 66.5 Å². The zero-order valence-electron chi connectivity index (χ0n) is 13.1. The second-order valence-electron chi connectivity index (χ2n) is 5.24. The average molecular weight is 387 g/mol. The minimum atomic E-state index is -3.65. The van der Waals surface area contributed by atoms with Gasteiger partial charge in [-0.2, -0.15) is 0 Å². The molecule has 0 aromatic heterocycles. The van der Waals surface area contributed by atoms with Gasteiger partial charge >= 0.3 is 0 Å². The number of halogens is 2. The van der Waals surface area contributed by atoms with E-state index in [0.717, 1.165) is 9.87 Å². The third-order valence-electron chi connectivity index (χ3n) is 3.30. The van der Waals surface area contributed by atoms with E-state index in [1.807, 2.05) is 6.07 Å². The van der Waals surface area contributed by atoms with Crippen LogP contribution in [-0.2, 0) is 16.6 Å². The van der Waals surface area contributed by atoms with E-state index >= 15 is 0 Å². The molecule has 24 heavy (non-hydrogen) atoms. The normalized spacial score (nSPS) is 11.5. The van der Waals surface area contributed by atoms with Crippen molar-refractivity contribution in [1.82, 2.24) is 9.62 Å². The predicted molar refractivity (Wildman–Crippen MR) is 94.9 cm³/mol. The Labute approximate surface area is 151 Å². The molecule has 2 aromatic rings. The molecule has 0 heterocycles. The number of benzene rings is 2. The molecule has 2 aromatic carbocycles. The van der Waals surface area contributed by atoms with Crippen molar-refractivity contribution in [2.45, 2.75) is 11.4 Å². The van der Waals surface area contributed by atoms with Crippen LogP contribution in [0.5, 0.6) is 0 Å². The largest absolute Gasteiger partial charge is 0.348 e. The lowest BCUT2D eigenvalue weighted by Crippen LogP contribution is -2.25. The third-order valence-corrected chi connectivity index (χ3v) is 5.68. The van der Waals surface area contributed by atoms with Crippen molar-refractivity contribution in [3.8, 4) is 0 Å². The molecule has 8 heteroatoms. The van der Waals surface area contributed by atoms with Crippen LogP contribution in [0.4, 0.5) is 0 Å². The third kappa shape index (κ3) is 4.27. The monoisotopic (exact) mass is 386 g/mol. The fraction of sp³-hybridized carbons (Fsp3) is 0.188. The molecular weight excluding hydrogens is 371 g/mol. The van der Waals surface area contributed by atoms with Gasteiger partial charge in [0.2, 0.25) is 10.0 Å². The summed E-state index contributed by atoms with van der Waals surface area (Å²) in [5.41, 5.74) is 0.922. The SMILES string of the molecule is CN(C)S(=O)(=O)c1ccc(Cl)c(C(=O)NCc2cccc(Cl)c2)c1. The van der Waals surface area contributed by atoms with Crippen LogP contribution >= 0.6 is 23.2 Å². The molecule has 0 bridgehead atoms. The molecule has 0 atom stereocenters. The Morgan fingerprint density at radius 3 is 2.46 bits per heavy atom. The van der Waals surface area contributed by atoms with Gasteiger partial charge in [-0.15, -0.1) is 0 Å². The van der Waals surface area contributed by atoms with Crippen molar-refractivity contribution in [3.05, 3.63) is 63.6 Å². The van der Waals surface area contributed by atoms with Gasteiger partial charge < -0.3 is 5.32 Å². The number of nitrogens with zero attached hydrogens (tertiary/aromatic N) is 1. The zero-order chi connectivity index (χ0) is 17.9. The van der Waals surface area contributed by atoms with Gasteiger partial charge in [0.1, 0.15) is 0 Å². The Hall–Kier alpha value is -1.60. The van der Waals surface area contributed by atoms with Gasteiger partial charge in [-0.25, -0.2) is 12.7 Å². The highest BCUT2D eigenvalue weighted by atomic mass is 35.5. The van der Waals surface area contributed by atoms with Crippen molar-refractivity contribution in [1.29, 1.82) is 0 Å². The highest BCUT2D eigenvalue weighted by Gasteiger charge is 2.20. The van der Waals surface area contributed by atoms with Gasteiger partial charge in [0.15, 0.2) is 0 Å². The van der Waals surface area contributed by atoms with E-state index in [1.165, 1.54) is 32.3 Å². The van der Waals surface area contributed by atoms with Gasteiger partial charge in [-0.3, -0.25) is 4.79 Å². The Kier molecular flexibility index (Phi) is 5.87. The van der Waals surface area contributed by atoms with Gasteiger partial charge in [-0.05, 0) is 35.9 Å². The molecule has 0 saturated carbocycles.